The molecular weight excluding hydrogens is 515 g/mol. The second kappa shape index (κ2) is 8.77. The van der Waals surface area contributed by atoms with Crippen LogP contribution in [0.3, 0.4) is 0 Å². The van der Waals surface area contributed by atoms with Gasteiger partial charge in [-0.15, -0.1) is 0 Å². The molecule has 2 unspecified atom stereocenters. The smallest absolute Gasteiger partial charge is 0.387 e. The van der Waals surface area contributed by atoms with Crippen molar-refractivity contribution in [1.29, 1.82) is 5.26 Å². The van der Waals surface area contributed by atoms with E-state index in [9.17, 15) is 39.0 Å². The Balaban J connectivity index is 1.96. The van der Waals surface area contributed by atoms with Gasteiger partial charge in [0.05, 0.1) is 16.4 Å². The Hall–Kier alpha value is -1.80. The van der Waals surface area contributed by atoms with Crippen LogP contribution in [0.2, 0.25) is 0 Å². The minimum atomic E-state index is -6.07. The average molecular weight is 534 g/mol. The Kier molecular flexibility index (Phi) is 5.77. The average Bonchev–Trinajstić information content (AvgIpc) is 3.15. The highest BCUT2D eigenvalue weighted by molar-refractivity contribution is 7.66. The lowest BCUT2D eigenvalue weighted by atomic mass is 9.92. The zero-order valence-electron chi connectivity index (χ0n) is 18.6. The monoisotopic (exact) mass is 534 g/mol. The molecule has 3 heterocycles. The fourth-order valence-corrected chi connectivity index (χ4v) is 5.64. The summed E-state index contributed by atoms with van der Waals surface area (Å²) >= 11 is 0. The van der Waals surface area contributed by atoms with E-state index < -0.39 is 59.6 Å². The first kappa shape index (κ1) is 21.7. The van der Waals surface area contributed by atoms with Gasteiger partial charge in [0.15, 0.2) is 5.82 Å². The minimum Gasteiger partial charge on any atom is -0.387 e. The molecule has 0 spiro atoms. The maximum absolute atomic E-state index is 12.1. The normalized spacial score (nSPS) is 31.2. The van der Waals surface area contributed by atoms with E-state index in [-0.39, 0.29) is 17.4 Å². The standard InChI is InChI=1S/C12H16N5O13P3/c13-4-12(8-2-1-6-11(14)15-5-16-17(6)8)10(19)9(18)7(28-12)3-27-32(23,24)30-33(25,26)29-31(20,21)22/h1-2,5,7,9-10,18-19H,3H2,(H,23,24)(H,25,26)(H2,14,15,16)(H2,20,21,22)/t7-,9-,10-,12+/m1/s1/i1D,3D2. The number of anilines is 1. The molecule has 1 aliphatic rings. The molecule has 0 bridgehead atoms. The van der Waals surface area contributed by atoms with Gasteiger partial charge in [0.2, 0.25) is 5.60 Å². The summed E-state index contributed by atoms with van der Waals surface area (Å²) in [6.07, 6.45) is -6.26. The van der Waals surface area contributed by atoms with Crippen LogP contribution in [-0.2, 0) is 37.2 Å². The Morgan fingerprint density at radius 1 is 1.30 bits per heavy atom. The third-order valence-electron chi connectivity index (χ3n) is 4.00. The number of ether oxygens (including phenoxy) is 1. The van der Waals surface area contributed by atoms with Crippen LogP contribution in [0.15, 0.2) is 18.4 Å². The number of nitrogens with zero attached hydrogens (tertiary/aromatic N) is 4. The number of nitrogen functional groups attached to an aromatic ring is 1. The van der Waals surface area contributed by atoms with Crippen LogP contribution in [0.25, 0.3) is 5.52 Å². The highest BCUT2D eigenvalue weighted by Gasteiger charge is 2.58. The van der Waals surface area contributed by atoms with Crippen molar-refractivity contribution in [2.24, 2.45) is 0 Å². The zero-order valence-corrected chi connectivity index (χ0v) is 18.3. The van der Waals surface area contributed by atoms with E-state index in [2.05, 4.69) is 23.2 Å². The highest BCUT2D eigenvalue weighted by Crippen LogP contribution is 2.66. The number of phosphoric acid groups is 3. The quantitative estimate of drug-likeness (QED) is 0.189. The third kappa shape index (κ3) is 5.32. The van der Waals surface area contributed by atoms with Crippen molar-refractivity contribution < 1.29 is 65.5 Å². The predicted molar refractivity (Wildman–Crippen MR) is 101 cm³/mol. The van der Waals surface area contributed by atoms with Gasteiger partial charge in [0, 0.05) is 0 Å². The first-order valence-corrected chi connectivity index (χ1v) is 12.7. The molecule has 1 saturated heterocycles. The van der Waals surface area contributed by atoms with Crippen molar-refractivity contribution in [1.82, 2.24) is 14.6 Å². The van der Waals surface area contributed by atoms with Crippen LogP contribution >= 0.6 is 23.5 Å². The summed E-state index contributed by atoms with van der Waals surface area (Å²) in [4.78, 5) is 39.6. The first-order chi connectivity index (χ1) is 16.3. The van der Waals surface area contributed by atoms with E-state index in [4.69, 9.17) is 24.4 Å². The number of aliphatic hydroxyl groups is 2. The lowest BCUT2D eigenvalue weighted by molar-refractivity contribution is -0.0634. The van der Waals surface area contributed by atoms with Gasteiger partial charge in [0.25, 0.3) is 0 Å². The molecule has 2 aromatic heterocycles. The Bertz CT molecular complexity index is 1380. The Labute approximate surface area is 187 Å². The van der Waals surface area contributed by atoms with Crippen molar-refractivity contribution in [3.63, 3.8) is 0 Å². The summed E-state index contributed by atoms with van der Waals surface area (Å²) in [6, 6.07) is 2.10. The summed E-state index contributed by atoms with van der Waals surface area (Å²) in [5, 5.41) is 34.7. The van der Waals surface area contributed by atoms with Crippen molar-refractivity contribution in [3.05, 3.63) is 24.1 Å². The molecule has 0 amide bonds. The molecule has 1 aliphatic heterocycles. The predicted octanol–water partition coefficient (Wildman–Crippen LogP) is -1.51. The molecule has 21 heteroatoms. The molecule has 2 aromatic rings. The summed E-state index contributed by atoms with van der Waals surface area (Å²) in [6.45, 7) is -3.70. The zero-order chi connectivity index (χ0) is 27.5. The highest BCUT2D eigenvalue weighted by atomic mass is 31.3. The van der Waals surface area contributed by atoms with Crippen LogP contribution in [0.1, 0.15) is 9.81 Å². The molecule has 8 N–H and O–H groups in total. The fraction of sp³-hybridized carbons (Fsp3) is 0.417. The van der Waals surface area contributed by atoms with Gasteiger partial charge >= 0.3 is 23.5 Å². The van der Waals surface area contributed by atoms with Crippen LogP contribution < -0.4 is 5.73 Å². The third-order valence-corrected chi connectivity index (χ3v) is 7.67. The Morgan fingerprint density at radius 2 is 1.97 bits per heavy atom. The number of nitriles is 1. The molecule has 0 saturated carbocycles. The second-order valence-corrected chi connectivity index (χ2v) is 10.5. The van der Waals surface area contributed by atoms with Crippen molar-refractivity contribution >= 4 is 34.8 Å². The van der Waals surface area contributed by atoms with E-state index in [0.717, 1.165) is 16.9 Å². The maximum atomic E-state index is 12.1. The van der Waals surface area contributed by atoms with Gasteiger partial charge in [-0.3, -0.25) is 4.52 Å². The van der Waals surface area contributed by atoms with Crippen molar-refractivity contribution in [2.45, 2.75) is 23.9 Å². The summed E-state index contributed by atoms with van der Waals surface area (Å²) in [7, 11) is -17.8. The molecular formula is C12H16N5O13P3. The van der Waals surface area contributed by atoms with Crippen molar-refractivity contribution in [3.8, 4) is 6.07 Å². The molecule has 182 valence electrons. The van der Waals surface area contributed by atoms with Crippen LogP contribution in [0.5, 0.6) is 0 Å². The largest absolute Gasteiger partial charge is 0.490 e. The molecule has 1 fully saturated rings. The van der Waals surface area contributed by atoms with Gasteiger partial charge in [-0.25, -0.2) is 23.2 Å². The van der Waals surface area contributed by atoms with Crippen molar-refractivity contribution in [2.75, 3.05) is 12.3 Å². The number of aliphatic hydroxyl groups excluding tert-OH is 2. The maximum Gasteiger partial charge on any atom is 0.490 e. The molecule has 18 nitrogen and oxygen atoms in total. The SMILES string of the molecule is [2H]c1cc([C@]2(C#N)O[C@H](C([2H])([2H])OP(=O)(O)OP(=O)(O)OP(=O)(O)O)[C@@H](O)[C@H]2O)n2ncnc(N)c12. The summed E-state index contributed by atoms with van der Waals surface area (Å²) in [5.74, 6) is -0.220. The van der Waals surface area contributed by atoms with Gasteiger partial charge in [-0.2, -0.15) is 19.0 Å². The summed E-state index contributed by atoms with van der Waals surface area (Å²) < 4.78 is 75.2. The number of hydrogen-bond acceptors (Lipinski definition) is 13. The van der Waals surface area contributed by atoms with E-state index >= 15 is 0 Å². The second-order valence-electron chi connectivity index (χ2n) is 6.20. The number of hydrogen-bond donors (Lipinski definition) is 7. The number of rotatable bonds is 8. The number of aromatic nitrogens is 3. The lowest BCUT2D eigenvalue weighted by Gasteiger charge is -2.24. The lowest BCUT2D eigenvalue weighted by Crippen LogP contribution is -2.41. The minimum absolute atomic E-state index is 0.146. The van der Waals surface area contributed by atoms with Gasteiger partial charge < -0.3 is 40.3 Å². The summed E-state index contributed by atoms with van der Waals surface area (Å²) in [5.41, 5.74) is 2.43. The van der Waals surface area contributed by atoms with E-state index in [1.54, 1.807) is 0 Å². The number of nitrogens with two attached hydrogens (primary N) is 1. The van der Waals surface area contributed by atoms with E-state index in [1.165, 1.54) is 6.07 Å². The topological polar surface area (TPSA) is 290 Å². The Morgan fingerprint density at radius 3 is 2.58 bits per heavy atom. The molecule has 0 aromatic carbocycles. The molecule has 6 atom stereocenters. The van der Waals surface area contributed by atoms with E-state index in [0.29, 0.717) is 0 Å². The van der Waals surface area contributed by atoms with Crippen LogP contribution in [0.4, 0.5) is 5.82 Å². The fourth-order valence-electron chi connectivity index (χ4n) is 2.76. The van der Waals surface area contributed by atoms with Crippen LogP contribution in [0, 0.1) is 11.3 Å². The molecule has 0 radical (unpaired) electrons. The molecule has 33 heavy (non-hydrogen) atoms. The van der Waals surface area contributed by atoms with Crippen LogP contribution in [-0.4, -0.2) is 69.3 Å². The number of fused-ring (bicyclic) bond motifs is 1. The van der Waals surface area contributed by atoms with E-state index in [1.807, 2.05) is 0 Å². The first-order valence-electron chi connectivity index (χ1n) is 9.64. The molecule has 3 rings (SSSR count). The number of phosphoric ester groups is 1. The van der Waals surface area contributed by atoms with Gasteiger partial charge in [-0.05, 0) is 12.1 Å². The van der Waals surface area contributed by atoms with Gasteiger partial charge in [-0.1, -0.05) is 0 Å². The van der Waals surface area contributed by atoms with Gasteiger partial charge in [0.1, 0.15) is 36.2 Å². The molecule has 0 aliphatic carbocycles.